The molecular weight excluding hydrogens is 340 g/mol. The molecule has 0 aliphatic rings. The van der Waals surface area contributed by atoms with E-state index in [1.165, 1.54) is 6.07 Å². The highest BCUT2D eigenvalue weighted by atomic mass is 32.1. The Labute approximate surface area is 146 Å². The molecule has 0 saturated heterocycles. The van der Waals surface area contributed by atoms with Crippen molar-refractivity contribution in [3.05, 3.63) is 63.1 Å². The summed E-state index contributed by atoms with van der Waals surface area (Å²) in [5.41, 5.74) is 1.80. The van der Waals surface area contributed by atoms with Gasteiger partial charge < -0.3 is 13.7 Å². The molecule has 3 aromatic heterocycles. The molecule has 0 saturated carbocycles. The van der Waals surface area contributed by atoms with Crippen LogP contribution in [0.15, 0.2) is 49.4 Å². The van der Waals surface area contributed by atoms with Gasteiger partial charge in [0.25, 0.3) is 5.89 Å². The van der Waals surface area contributed by atoms with Gasteiger partial charge in [-0.3, -0.25) is 0 Å². The highest BCUT2D eigenvalue weighted by Gasteiger charge is 2.13. The van der Waals surface area contributed by atoms with E-state index in [2.05, 4.69) is 10.1 Å². The zero-order valence-electron chi connectivity index (χ0n) is 13.6. The Bertz CT molecular complexity index is 1100. The van der Waals surface area contributed by atoms with Gasteiger partial charge in [0, 0.05) is 17.0 Å². The van der Waals surface area contributed by atoms with Crippen LogP contribution in [0, 0.1) is 13.8 Å². The molecule has 0 aliphatic heterocycles. The van der Waals surface area contributed by atoms with E-state index in [1.807, 2.05) is 43.5 Å². The van der Waals surface area contributed by atoms with E-state index in [-0.39, 0.29) is 12.2 Å². The average molecular weight is 354 g/mol. The molecule has 0 bridgehead atoms. The zero-order valence-corrected chi connectivity index (χ0v) is 14.4. The number of hydrogen-bond acceptors (Lipinski definition) is 7. The van der Waals surface area contributed by atoms with Crippen molar-refractivity contribution in [1.29, 1.82) is 0 Å². The quantitative estimate of drug-likeness (QED) is 0.513. The first-order valence-electron chi connectivity index (χ1n) is 7.65. The highest BCUT2D eigenvalue weighted by molar-refractivity contribution is 7.13. The standard InChI is InChI=1S/C18H14N2O4S/c1-10-8-16(21)23-17-11(2)13(6-5-12(10)17)22-9-15-19-18(20-24-15)14-4-3-7-25-14/h3-8H,9H2,1-2H3. The van der Waals surface area contributed by atoms with Crippen LogP contribution in [0.25, 0.3) is 21.7 Å². The Morgan fingerprint density at radius 1 is 1.24 bits per heavy atom. The first-order valence-corrected chi connectivity index (χ1v) is 8.53. The second-order valence-electron chi connectivity index (χ2n) is 5.59. The molecule has 0 N–H and O–H groups in total. The largest absolute Gasteiger partial charge is 0.483 e. The van der Waals surface area contributed by atoms with E-state index in [9.17, 15) is 4.79 Å². The number of aryl methyl sites for hydroxylation is 2. The molecule has 4 rings (SSSR count). The van der Waals surface area contributed by atoms with E-state index in [4.69, 9.17) is 13.7 Å². The predicted molar refractivity (Wildman–Crippen MR) is 93.9 cm³/mol. The molecule has 0 atom stereocenters. The number of aromatic nitrogens is 2. The molecule has 7 heteroatoms. The third-order valence-electron chi connectivity index (χ3n) is 3.88. The van der Waals surface area contributed by atoms with E-state index in [0.717, 1.165) is 21.4 Å². The van der Waals surface area contributed by atoms with Crippen LogP contribution in [-0.4, -0.2) is 10.1 Å². The molecule has 0 spiro atoms. The monoisotopic (exact) mass is 354 g/mol. The molecule has 0 fully saturated rings. The first-order chi connectivity index (χ1) is 12.1. The van der Waals surface area contributed by atoms with Gasteiger partial charge >= 0.3 is 5.63 Å². The van der Waals surface area contributed by atoms with Crippen molar-refractivity contribution >= 4 is 22.3 Å². The van der Waals surface area contributed by atoms with Crippen LogP contribution in [0.3, 0.4) is 0 Å². The minimum Gasteiger partial charge on any atom is -0.483 e. The van der Waals surface area contributed by atoms with Crippen molar-refractivity contribution in [2.24, 2.45) is 0 Å². The van der Waals surface area contributed by atoms with Gasteiger partial charge in [-0.1, -0.05) is 11.2 Å². The van der Waals surface area contributed by atoms with Crippen molar-refractivity contribution in [3.63, 3.8) is 0 Å². The van der Waals surface area contributed by atoms with Crippen LogP contribution in [0.5, 0.6) is 5.75 Å². The molecule has 0 aliphatic carbocycles. The van der Waals surface area contributed by atoms with Crippen molar-refractivity contribution in [2.45, 2.75) is 20.5 Å². The average Bonchev–Trinajstić information content (AvgIpc) is 3.26. The van der Waals surface area contributed by atoms with Gasteiger partial charge in [0.2, 0.25) is 5.82 Å². The number of fused-ring (bicyclic) bond motifs is 1. The minimum absolute atomic E-state index is 0.140. The third kappa shape index (κ3) is 2.94. The fourth-order valence-corrected chi connectivity index (χ4v) is 3.26. The molecule has 0 amide bonds. The van der Waals surface area contributed by atoms with Crippen molar-refractivity contribution < 1.29 is 13.7 Å². The molecule has 25 heavy (non-hydrogen) atoms. The third-order valence-corrected chi connectivity index (χ3v) is 4.74. The van der Waals surface area contributed by atoms with Gasteiger partial charge in [-0.25, -0.2) is 4.79 Å². The number of benzene rings is 1. The summed E-state index contributed by atoms with van der Waals surface area (Å²) in [4.78, 5) is 16.9. The lowest BCUT2D eigenvalue weighted by molar-refractivity contribution is 0.241. The molecule has 0 radical (unpaired) electrons. The summed E-state index contributed by atoms with van der Waals surface area (Å²) >= 11 is 1.54. The normalized spacial score (nSPS) is 11.1. The Kier molecular flexibility index (Phi) is 3.85. The minimum atomic E-state index is -0.372. The Morgan fingerprint density at radius 3 is 2.92 bits per heavy atom. The van der Waals surface area contributed by atoms with Gasteiger partial charge in [-0.05, 0) is 43.0 Å². The van der Waals surface area contributed by atoms with E-state index in [1.54, 1.807) is 11.3 Å². The fourth-order valence-electron chi connectivity index (χ4n) is 2.62. The Balaban J connectivity index is 1.59. The van der Waals surface area contributed by atoms with Crippen molar-refractivity contribution in [2.75, 3.05) is 0 Å². The van der Waals surface area contributed by atoms with E-state index < -0.39 is 0 Å². The number of ether oxygens (including phenoxy) is 1. The van der Waals surface area contributed by atoms with Crippen LogP contribution in [0.1, 0.15) is 17.0 Å². The molecule has 126 valence electrons. The van der Waals surface area contributed by atoms with E-state index >= 15 is 0 Å². The molecule has 6 nitrogen and oxygen atoms in total. The topological polar surface area (TPSA) is 78.4 Å². The van der Waals surface area contributed by atoms with Crippen molar-refractivity contribution in [3.8, 4) is 16.5 Å². The Morgan fingerprint density at radius 2 is 2.12 bits per heavy atom. The van der Waals surface area contributed by atoms with Gasteiger partial charge in [-0.2, -0.15) is 4.98 Å². The molecule has 1 aromatic carbocycles. The summed E-state index contributed by atoms with van der Waals surface area (Å²) in [5.74, 6) is 1.54. The zero-order chi connectivity index (χ0) is 17.4. The first kappa shape index (κ1) is 15.6. The molecule has 0 unspecified atom stereocenters. The number of hydrogen-bond donors (Lipinski definition) is 0. The lowest BCUT2D eigenvalue weighted by atomic mass is 10.1. The van der Waals surface area contributed by atoms with Crippen molar-refractivity contribution in [1.82, 2.24) is 10.1 Å². The predicted octanol–water partition coefficient (Wildman–Crippen LogP) is 4.10. The summed E-state index contributed by atoms with van der Waals surface area (Å²) in [7, 11) is 0. The highest BCUT2D eigenvalue weighted by Crippen LogP contribution is 2.29. The van der Waals surface area contributed by atoms with Crippen LogP contribution < -0.4 is 10.4 Å². The van der Waals surface area contributed by atoms with Crippen LogP contribution in [0.4, 0.5) is 0 Å². The van der Waals surface area contributed by atoms with Crippen LogP contribution in [-0.2, 0) is 6.61 Å². The molecule has 3 heterocycles. The number of thiophene rings is 1. The fraction of sp³-hybridized carbons (Fsp3) is 0.167. The van der Waals surface area contributed by atoms with Gasteiger partial charge in [0.1, 0.15) is 11.3 Å². The number of nitrogens with zero attached hydrogens (tertiary/aromatic N) is 2. The van der Waals surface area contributed by atoms with Gasteiger partial charge in [0.15, 0.2) is 6.61 Å². The SMILES string of the molecule is Cc1cc(=O)oc2c(C)c(OCc3nc(-c4cccs4)no3)ccc12. The van der Waals surface area contributed by atoms with E-state index in [0.29, 0.717) is 23.0 Å². The maximum atomic E-state index is 11.6. The van der Waals surface area contributed by atoms with Crippen LogP contribution >= 0.6 is 11.3 Å². The lowest BCUT2D eigenvalue weighted by Crippen LogP contribution is -2.01. The molecular formula is C18H14N2O4S. The molecule has 4 aromatic rings. The maximum absolute atomic E-state index is 11.6. The summed E-state index contributed by atoms with van der Waals surface area (Å²) in [6.07, 6.45) is 0. The maximum Gasteiger partial charge on any atom is 0.336 e. The second kappa shape index (κ2) is 6.18. The second-order valence-corrected chi connectivity index (χ2v) is 6.54. The van der Waals surface area contributed by atoms with Crippen LogP contribution in [0.2, 0.25) is 0 Å². The van der Waals surface area contributed by atoms with Gasteiger partial charge in [-0.15, -0.1) is 11.3 Å². The lowest BCUT2D eigenvalue weighted by Gasteiger charge is -2.09. The summed E-state index contributed by atoms with van der Waals surface area (Å²) < 4.78 is 16.3. The number of rotatable bonds is 4. The Hall–Kier alpha value is -2.93. The smallest absolute Gasteiger partial charge is 0.336 e. The van der Waals surface area contributed by atoms with Gasteiger partial charge in [0.05, 0.1) is 4.88 Å². The summed E-state index contributed by atoms with van der Waals surface area (Å²) in [6, 6.07) is 9.06. The summed E-state index contributed by atoms with van der Waals surface area (Å²) in [6.45, 7) is 3.87. The summed E-state index contributed by atoms with van der Waals surface area (Å²) in [5, 5.41) is 6.80.